The second kappa shape index (κ2) is 6.19. The number of rotatable bonds is 2. The first-order chi connectivity index (χ1) is 11.3. The van der Waals surface area contributed by atoms with E-state index in [0.717, 1.165) is 51.6 Å². The van der Waals surface area contributed by atoms with Crippen LogP contribution in [0.25, 0.3) is 0 Å². The Kier molecular flexibility index (Phi) is 3.90. The molecule has 1 N–H and O–H groups in total. The Morgan fingerprint density at radius 3 is 2.83 bits per heavy atom. The molecule has 0 spiro atoms. The molecule has 4 nitrogen and oxygen atoms in total. The SMILES string of the molecule is O=C(c1n[nH]c2c1CCC2)N1CCC[C@@H](c2ccccc2)CC1. The van der Waals surface area contributed by atoms with Crippen LogP contribution in [0.4, 0.5) is 0 Å². The van der Waals surface area contributed by atoms with Gasteiger partial charge in [-0.25, -0.2) is 0 Å². The maximum Gasteiger partial charge on any atom is 0.274 e. The molecule has 1 saturated heterocycles. The van der Waals surface area contributed by atoms with E-state index in [-0.39, 0.29) is 5.91 Å². The lowest BCUT2D eigenvalue weighted by atomic mass is 9.92. The van der Waals surface area contributed by atoms with E-state index in [0.29, 0.717) is 11.6 Å². The number of nitrogens with one attached hydrogen (secondary N) is 1. The predicted molar refractivity (Wildman–Crippen MR) is 89.6 cm³/mol. The molecule has 120 valence electrons. The van der Waals surface area contributed by atoms with Gasteiger partial charge in [0, 0.05) is 24.3 Å². The van der Waals surface area contributed by atoms with Crippen LogP contribution in [-0.4, -0.2) is 34.1 Å². The molecule has 2 heterocycles. The summed E-state index contributed by atoms with van der Waals surface area (Å²) in [7, 11) is 0. The minimum atomic E-state index is 0.123. The fourth-order valence-corrected chi connectivity index (χ4v) is 4.00. The number of aromatic nitrogens is 2. The second-order valence-electron chi connectivity index (χ2n) is 6.71. The van der Waals surface area contributed by atoms with Crippen LogP contribution in [0.15, 0.2) is 30.3 Å². The summed E-state index contributed by atoms with van der Waals surface area (Å²) >= 11 is 0. The van der Waals surface area contributed by atoms with E-state index < -0.39 is 0 Å². The molecule has 1 aromatic carbocycles. The zero-order chi connectivity index (χ0) is 15.6. The van der Waals surface area contributed by atoms with Crippen molar-refractivity contribution < 1.29 is 4.79 Å². The molecule has 2 aliphatic rings. The van der Waals surface area contributed by atoms with Crippen LogP contribution < -0.4 is 0 Å². The van der Waals surface area contributed by atoms with Crippen molar-refractivity contribution in [3.8, 4) is 0 Å². The summed E-state index contributed by atoms with van der Waals surface area (Å²) in [6.45, 7) is 1.68. The molecule has 2 aromatic rings. The van der Waals surface area contributed by atoms with Crippen LogP contribution >= 0.6 is 0 Å². The maximum absolute atomic E-state index is 12.9. The van der Waals surface area contributed by atoms with Crippen LogP contribution in [0, 0.1) is 0 Å². The summed E-state index contributed by atoms with van der Waals surface area (Å²) in [6.07, 6.45) is 6.44. The number of aryl methyl sites for hydroxylation is 1. The molecule has 23 heavy (non-hydrogen) atoms. The highest BCUT2D eigenvalue weighted by atomic mass is 16.2. The fourth-order valence-electron chi connectivity index (χ4n) is 4.00. The minimum Gasteiger partial charge on any atom is -0.337 e. The van der Waals surface area contributed by atoms with Crippen LogP contribution in [0.1, 0.15) is 58.9 Å². The molecule has 1 amide bonds. The molecule has 1 aliphatic carbocycles. The third kappa shape index (κ3) is 2.78. The van der Waals surface area contributed by atoms with Crippen molar-refractivity contribution >= 4 is 5.91 Å². The molecule has 4 rings (SSSR count). The first-order valence-corrected chi connectivity index (χ1v) is 8.73. The number of amides is 1. The summed E-state index contributed by atoms with van der Waals surface area (Å²) in [6, 6.07) is 10.7. The van der Waals surface area contributed by atoms with Crippen LogP contribution in [0.3, 0.4) is 0 Å². The smallest absolute Gasteiger partial charge is 0.274 e. The maximum atomic E-state index is 12.9. The molecular weight excluding hydrogens is 286 g/mol. The van der Waals surface area contributed by atoms with Gasteiger partial charge in [0.05, 0.1) is 0 Å². The van der Waals surface area contributed by atoms with Crippen molar-refractivity contribution in [3.05, 3.63) is 52.8 Å². The number of likely N-dealkylation sites (tertiary alicyclic amines) is 1. The summed E-state index contributed by atoms with van der Waals surface area (Å²) in [5.74, 6) is 0.692. The van der Waals surface area contributed by atoms with E-state index in [1.165, 1.54) is 16.8 Å². The van der Waals surface area contributed by atoms with Crippen LogP contribution in [0.5, 0.6) is 0 Å². The summed E-state index contributed by atoms with van der Waals surface area (Å²) < 4.78 is 0. The zero-order valence-electron chi connectivity index (χ0n) is 13.4. The highest BCUT2D eigenvalue weighted by molar-refractivity contribution is 5.94. The van der Waals surface area contributed by atoms with Crippen molar-refractivity contribution in [2.24, 2.45) is 0 Å². The van der Waals surface area contributed by atoms with E-state index in [2.05, 4.69) is 40.5 Å². The standard InChI is InChI=1S/C19H23N3O/c23-19(18-16-9-4-10-17(16)20-21-18)22-12-5-8-15(11-13-22)14-6-2-1-3-7-14/h1-3,6-7,15H,4-5,8-13H2,(H,20,21)/t15-/m1/s1. The van der Waals surface area contributed by atoms with Gasteiger partial charge in [-0.2, -0.15) is 5.10 Å². The number of hydrogen-bond acceptors (Lipinski definition) is 2. The third-order valence-corrected chi connectivity index (χ3v) is 5.30. The largest absolute Gasteiger partial charge is 0.337 e. The average Bonchev–Trinajstić information content (AvgIpc) is 3.11. The minimum absolute atomic E-state index is 0.123. The van der Waals surface area contributed by atoms with Crippen molar-refractivity contribution in [2.75, 3.05) is 13.1 Å². The first-order valence-electron chi connectivity index (χ1n) is 8.73. The molecule has 0 unspecified atom stereocenters. The van der Waals surface area contributed by atoms with Gasteiger partial charge in [0.1, 0.15) is 0 Å². The highest BCUT2D eigenvalue weighted by Gasteiger charge is 2.28. The number of carbonyl (C=O) groups excluding carboxylic acids is 1. The van der Waals surface area contributed by atoms with Gasteiger partial charge in [-0.3, -0.25) is 9.89 Å². The number of nitrogens with zero attached hydrogens (tertiary/aromatic N) is 2. The monoisotopic (exact) mass is 309 g/mol. The van der Waals surface area contributed by atoms with Gasteiger partial charge >= 0.3 is 0 Å². The lowest BCUT2D eigenvalue weighted by Gasteiger charge is -2.20. The van der Waals surface area contributed by atoms with E-state index in [1.807, 2.05) is 4.90 Å². The number of H-pyrrole nitrogens is 1. The summed E-state index contributed by atoms with van der Waals surface area (Å²) in [5.41, 5.74) is 4.42. The number of hydrogen-bond donors (Lipinski definition) is 1. The molecule has 1 atom stereocenters. The Hall–Kier alpha value is -2.10. The molecule has 4 heteroatoms. The van der Waals surface area contributed by atoms with E-state index >= 15 is 0 Å². The number of carbonyl (C=O) groups is 1. The zero-order valence-corrected chi connectivity index (χ0v) is 13.4. The third-order valence-electron chi connectivity index (χ3n) is 5.30. The van der Waals surface area contributed by atoms with Gasteiger partial charge in [0.15, 0.2) is 5.69 Å². The number of aromatic amines is 1. The van der Waals surface area contributed by atoms with Gasteiger partial charge < -0.3 is 4.90 Å². The van der Waals surface area contributed by atoms with E-state index in [1.54, 1.807) is 0 Å². The second-order valence-corrected chi connectivity index (χ2v) is 6.71. The Morgan fingerprint density at radius 2 is 1.96 bits per heavy atom. The lowest BCUT2D eigenvalue weighted by molar-refractivity contribution is 0.0754. The van der Waals surface area contributed by atoms with Crippen LogP contribution in [-0.2, 0) is 12.8 Å². The van der Waals surface area contributed by atoms with Crippen molar-refractivity contribution in [1.82, 2.24) is 15.1 Å². The number of benzene rings is 1. The quantitative estimate of drug-likeness (QED) is 0.925. The van der Waals surface area contributed by atoms with E-state index in [9.17, 15) is 4.79 Å². The lowest BCUT2D eigenvalue weighted by Crippen LogP contribution is -2.32. The van der Waals surface area contributed by atoms with Gasteiger partial charge in [-0.1, -0.05) is 30.3 Å². The van der Waals surface area contributed by atoms with E-state index in [4.69, 9.17) is 0 Å². The van der Waals surface area contributed by atoms with Crippen molar-refractivity contribution in [3.63, 3.8) is 0 Å². The van der Waals surface area contributed by atoms with Crippen molar-refractivity contribution in [2.45, 2.75) is 44.4 Å². The van der Waals surface area contributed by atoms with Gasteiger partial charge in [-0.05, 0) is 50.0 Å². The normalized spacial score (nSPS) is 21.0. The molecule has 1 aromatic heterocycles. The number of fused-ring (bicyclic) bond motifs is 1. The fraction of sp³-hybridized carbons (Fsp3) is 0.474. The topological polar surface area (TPSA) is 49.0 Å². The van der Waals surface area contributed by atoms with Crippen molar-refractivity contribution in [1.29, 1.82) is 0 Å². The summed E-state index contributed by atoms with van der Waals surface area (Å²) in [4.78, 5) is 14.9. The Morgan fingerprint density at radius 1 is 1.09 bits per heavy atom. The Bertz CT molecular complexity index is 692. The Labute approximate surface area is 136 Å². The van der Waals surface area contributed by atoms with Crippen LogP contribution in [0.2, 0.25) is 0 Å². The Balaban J connectivity index is 1.47. The molecule has 1 fully saturated rings. The van der Waals surface area contributed by atoms with Gasteiger partial charge in [-0.15, -0.1) is 0 Å². The summed E-state index contributed by atoms with van der Waals surface area (Å²) in [5, 5.41) is 7.36. The first kappa shape index (κ1) is 14.5. The predicted octanol–water partition coefficient (Wildman–Crippen LogP) is 3.31. The highest BCUT2D eigenvalue weighted by Crippen LogP contribution is 2.29. The molecular formula is C19H23N3O. The molecule has 0 saturated carbocycles. The average molecular weight is 309 g/mol. The molecule has 0 bridgehead atoms. The molecule has 0 radical (unpaired) electrons. The van der Waals surface area contributed by atoms with Gasteiger partial charge in [0.25, 0.3) is 5.91 Å². The molecule has 1 aliphatic heterocycles. The van der Waals surface area contributed by atoms with Gasteiger partial charge in [0.2, 0.25) is 0 Å².